The molecule has 7 unspecified atom stereocenters. The van der Waals surface area contributed by atoms with E-state index in [0.29, 0.717) is 25.9 Å². The molecule has 1 aliphatic heterocycles. The predicted octanol–water partition coefficient (Wildman–Crippen LogP) is 9.99. The van der Waals surface area contributed by atoms with Gasteiger partial charge in [-0.3, -0.25) is 9.59 Å². The molecule has 11 nitrogen and oxygen atoms in total. The summed E-state index contributed by atoms with van der Waals surface area (Å²) in [5, 5.41) is 54.0. The number of carbonyl (C=O) groups excluding carboxylic acids is 2. The smallest absolute Gasteiger partial charge is 0.305 e. The summed E-state index contributed by atoms with van der Waals surface area (Å²) in [5.41, 5.74) is 0. The molecule has 0 saturated carbocycles. The Kier molecular flexibility index (Phi) is 38.8. The molecule has 6 N–H and O–H groups in total. The zero-order valence-corrected chi connectivity index (χ0v) is 39.3. The summed E-state index contributed by atoms with van der Waals surface area (Å²) in [6.07, 6.45) is 38.1. The number of allylic oxidation sites excluding steroid dienone is 5. The van der Waals surface area contributed by atoms with Gasteiger partial charge in [-0.1, -0.05) is 159 Å². The molecule has 0 aromatic heterocycles. The van der Waals surface area contributed by atoms with Crippen molar-refractivity contribution in [2.75, 3.05) is 19.8 Å². The van der Waals surface area contributed by atoms with Gasteiger partial charge in [-0.15, -0.1) is 0 Å². The average molecular weight is 880 g/mol. The summed E-state index contributed by atoms with van der Waals surface area (Å²) in [7, 11) is 0. The standard InChI is InChI=1S/C51H93NO10/c1-3-5-7-9-11-13-14-15-19-23-27-31-35-39-47(56)60-40-36-32-28-24-20-17-16-18-22-26-30-34-38-46(55)52-43(44(54)37-33-29-25-21-12-10-8-6-4-2)42-61-51-50(59)49(58)48(57)45(41-53)62-51/h12,17,20-21,33,37,43-45,48-51,53-54,57-59H,3-11,13-16,18-19,22-32,34-36,38-42H2,1-2H3,(H,52,55)/b20-17-,21-12+,37-33+. The van der Waals surface area contributed by atoms with Crippen molar-refractivity contribution in [1.82, 2.24) is 5.32 Å². The number of amides is 1. The third-order valence-corrected chi connectivity index (χ3v) is 11.7. The summed E-state index contributed by atoms with van der Waals surface area (Å²) in [4.78, 5) is 25.0. The summed E-state index contributed by atoms with van der Waals surface area (Å²) >= 11 is 0. The van der Waals surface area contributed by atoms with Crippen LogP contribution in [0.5, 0.6) is 0 Å². The van der Waals surface area contributed by atoms with Gasteiger partial charge in [0.05, 0.1) is 32.0 Å². The molecule has 0 spiro atoms. The van der Waals surface area contributed by atoms with E-state index in [2.05, 4.69) is 43.5 Å². The third kappa shape index (κ3) is 31.7. The lowest BCUT2D eigenvalue weighted by Crippen LogP contribution is -2.60. The highest BCUT2D eigenvalue weighted by Gasteiger charge is 2.44. The highest BCUT2D eigenvalue weighted by molar-refractivity contribution is 5.76. The van der Waals surface area contributed by atoms with Crippen LogP contribution in [0.25, 0.3) is 0 Å². The van der Waals surface area contributed by atoms with Crippen LogP contribution < -0.4 is 5.32 Å². The predicted molar refractivity (Wildman–Crippen MR) is 251 cm³/mol. The van der Waals surface area contributed by atoms with Crippen molar-refractivity contribution in [3.8, 4) is 0 Å². The molecule has 1 rings (SSSR count). The number of carbonyl (C=O) groups is 2. The Morgan fingerprint density at radius 1 is 0.581 bits per heavy atom. The van der Waals surface area contributed by atoms with Gasteiger partial charge in [0.2, 0.25) is 5.91 Å². The molecule has 0 radical (unpaired) electrons. The van der Waals surface area contributed by atoms with Crippen LogP contribution in [0.3, 0.4) is 0 Å². The molecule has 0 aromatic carbocycles. The largest absolute Gasteiger partial charge is 0.466 e. The molecule has 1 heterocycles. The number of hydrogen-bond acceptors (Lipinski definition) is 10. The molecule has 1 saturated heterocycles. The molecule has 362 valence electrons. The van der Waals surface area contributed by atoms with E-state index in [0.717, 1.165) is 89.9 Å². The fraction of sp³-hybridized carbons (Fsp3) is 0.843. The average Bonchev–Trinajstić information content (AvgIpc) is 3.27. The molecule has 11 heteroatoms. The summed E-state index contributed by atoms with van der Waals surface area (Å²) in [6, 6.07) is -0.844. The lowest BCUT2D eigenvalue weighted by molar-refractivity contribution is -0.302. The second-order valence-corrected chi connectivity index (χ2v) is 17.5. The third-order valence-electron chi connectivity index (χ3n) is 11.7. The molecule has 7 atom stereocenters. The zero-order valence-electron chi connectivity index (χ0n) is 39.3. The van der Waals surface area contributed by atoms with Crippen molar-refractivity contribution < 1.29 is 49.3 Å². The Balaban J connectivity index is 2.17. The van der Waals surface area contributed by atoms with Gasteiger partial charge in [0.25, 0.3) is 0 Å². The quantitative estimate of drug-likeness (QED) is 0.0197. The fourth-order valence-electron chi connectivity index (χ4n) is 7.62. The highest BCUT2D eigenvalue weighted by Crippen LogP contribution is 2.22. The number of nitrogens with one attached hydrogen (secondary N) is 1. The van der Waals surface area contributed by atoms with Crippen LogP contribution in [0, 0.1) is 0 Å². The van der Waals surface area contributed by atoms with E-state index in [-0.39, 0.29) is 18.5 Å². The van der Waals surface area contributed by atoms with Crippen LogP contribution in [0.2, 0.25) is 0 Å². The SMILES string of the molecule is CCCCC/C=C/CC/C=C/C(O)C(COC1OC(CO)C(O)C(O)C1O)NC(=O)CCCCCCC/C=C\CCCCCOC(=O)CCCCCCCCCCCCCCC. The molecule has 0 aromatic rings. The number of aliphatic hydroxyl groups excluding tert-OH is 5. The minimum atomic E-state index is -1.58. The van der Waals surface area contributed by atoms with Gasteiger partial charge in [0.1, 0.15) is 24.4 Å². The number of rotatable bonds is 42. The number of unbranched alkanes of at least 4 members (excludes halogenated alkanes) is 24. The van der Waals surface area contributed by atoms with Crippen LogP contribution in [-0.4, -0.2) is 100 Å². The Labute approximate surface area is 377 Å². The maximum absolute atomic E-state index is 12.9. The lowest BCUT2D eigenvalue weighted by Gasteiger charge is -2.40. The molecule has 0 bridgehead atoms. The van der Waals surface area contributed by atoms with Crippen molar-refractivity contribution >= 4 is 11.9 Å². The van der Waals surface area contributed by atoms with E-state index < -0.39 is 49.5 Å². The molecular formula is C51H93NO10. The first-order chi connectivity index (χ1) is 30.2. The maximum atomic E-state index is 12.9. The van der Waals surface area contributed by atoms with Gasteiger partial charge in [-0.25, -0.2) is 0 Å². The van der Waals surface area contributed by atoms with Crippen LogP contribution in [0.15, 0.2) is 36.5 Å². The second-order valence-electron chi connectivity index (χ2n) is 17.5. The molecule has 1 fully saturated rings. The fourth-order valence-corrected chi connectivity index (χ4v) is 7.62. The van der Waals surface area contributed by atoms with Gasteiger partial charge >= 0.3 is 5.97 Å². The molecule has 62 heavy (non-hydrogen) atoms. The van der Waals surface area contributed by atoms with Gasteiger partial charge < -0.3 is 45.1 Å². The molecule has 1 amide bonds. The first-order valence-corrected chi connectivity index (χ1v) is 25.3. The monoisotopic (exact) mass is 880 g/mol. The van der Waals surface area contributed by atoms with E-state index in [4.69, 9.17) is 14.2 Å². The van der Waals surface area contributed by atoms with Crippen molar-refractivity contribution in [2.24, 2.45) is 0 Å². The summed E-state index contributed by atoms with van der Waals surface area (Å²) in [5.74, 6) is -0.269. The summed E-state index contributed by atoms with van der Waals surface area (Å²) in [6.45, 7) is 4.17. The number of hydrogen-bond donors (Lipinski definition) is 6. The van der Waals surface area contributed by atoms with Crippen molar-refractivity contribution in [2.45, 2.75) is 256 Å². The van der Waals surface area contributed by atoms with Crippen LogP contribution in [-0.2, 0) is 23.8 Å². The topological polar surface area (TPSA) is 175 Å². The van der Waals surface area contributed by atoms with E-state index >= 15 is 0 Å². The van der Waals surface area contributed by atoms with Crippen molar-refractivity contribution in [3.05, 3.63) is 36.5 Å². The first-order valence-electron chi connectivity index (χ1n) is 25.3. The van der Waals surface area contributed by atoms with E-state index in [9.17, 15) is 35.1 Å². The minimum absolute atomic E-state index is 0.0475. The second kappa shape index (κ2) is 41.6. The molecular weight excluding hydrogens is 787 g/mol. The van der Waals surface area contributed by atoms with E-state index in [1.807, 2.05) is 6.08 Å². The van der Waals surface area contributed by atoms with Gasteiger partial charge in [-0.05, 0) is 77.0 Å². The van der Waals surface area contributed by atoms with Crippen LogP contribution >= 0.6 is 0 Å². The van der Waals surface area contributed by atoms with E-state index in [1.165, 1.54) is 89.9 Å². The Morgan fingerprint density at radius 3 is 1.63 bits per heavy atom. The minimum Gasteiger partial charge on any atom is -0.466 e. The normalized spacial score (nSPS) is 20.4. The van der Waals surface area contributed by atoms with Crippen LogP contribution in [0.4, 0.5) is 0 Å². The number of aliphatic hydroxyl groups is 5. The van der Waals surface area contributed by atoms with Crippen molar-refractivity contribution in [1.29, 1.82) is 0 Å². The first kappa shape index (κ1) is 57.9. The molecule has 1 aliphatic rings. The zero-order chi connectivity index (χ0) is 45.3. The number of ether oxygens (including phenoxy) is 3. The maximum Gasteiger partial charge on any atom is 0.305 e. The van der Waals surface area contributed by atoms with Gasteiger partial charge in [0.15, 0.2) is 6.29 Å². The van der Waals surface area contributed by atoms with Gasteiger partial charge in [-0.2, -0.15) is 0 Å². The Morgan fingerprint density at radius 2 is 1.05 bits per heavy atom. The Hall–Kier alpha value is -2.12. The number of esters is 1. The van der Waals surface area contributed by atoms with Gasteiger partial charge in [0, 0.05) is 12.8 Å². The Bertz CT molecular complexity index is 1130. The van der Waals surface area contributed by atoms with Crippen molar-refractivity contribution in [3.63, 3.8) is 0 Å². The lowest BCUT2D eigenvalue weighted by atomic mass is 9.99. The highest BCUT2D eigenvalue weighted by atomic mass is 16.7. The van der Waals surface area contributed by atoms with E-state index in [1.54, 1.807) is 6.08 Å². The summed E-state index contributed by atoms with van der Waals surface area (Å²) < 4.78 is 16.6. The molecule has 0 aliphatic carbocycles. The van der Waals surface area contributed by atoms with Crippen LogP contribution in [0.1, 0.15) is 213 Å².